The molecule has 0 bridgehead atoms. The van der Waals surface area contributed by atoms with Gasteiger partial charge in [0.05, 0.1) is 0 Å². The Morgan fingerprint density at radius 3 is 2.41 bits per heavy atom. The largest absolute Gasteiger partial charge is 0.354 e. The minimum atomic E-state index is -0.469. The molecule has 2 N–H and O–H groups in total. The van der Waals surface area contributed by atoms with Gasteiger partial charge in [-0.2, -0.15) is 0 Å². The van der Waals surface area contributed by atoms with Crippen LogP contribution in [0.15, 0.2) is 54.6 Å². The quantitative estimate of drug-likeness (QED) is 0.792. The minimum absolute atomic E-state index is 0.0722. The van der Waals surface area contributed by atoms with E-state index in [1.54, 1.807) is 4.90 Å². The van der Waals surface area contributed by atoms with Gasteiger partial charge in [-0.25, -0.2) is 4.79 Å². The highest BCUT2D eigenvalue weighted by Crippen LogP contribution is 2.24. The van der Waals surface area contributed by atoms with Crippen LogP contribution in [0.5, 0.6) is 0 Å². The molecule has 2 aromatic rings. The van der Waals surface area contributed by atoms with Crippen LogP contribution in [0.1, 0.15) is 51.2 Å². The lowest BCUT2D eigenvalue weighted by Gasteiger charge is -2.30. The molecule has 2 aromatic carbocycles. The van der Waals surface area contributed by atoms with E-state index in [0.29, 0.717) is 19.5 Å². The molecule has 3 amide bonds. The molecule has 1 aliphatic heterocycles. The zero-order valence-electron chi connectivity index (χ0n) is 17.6. The standard InChI is InChI=1S/C24H31N3O2/c1-24(2,3)19-14-12-18(13-15-19)17-27(21-11-7-8-16-25-22(21)28)23(29)26-20-9-5-4-6-10-20/h4-6,9-10,12-15,21H,7-8,11,16-17H2,1-3H3,(H,25,28)(H,26,29). The first-order chi connectivity index (χ1) is 13.8. The van der Waals surface area contributed by atoms with Gasteiger partial charge in [0.25, 0.3) is 0 Å². The van der Waals surface area contributed by atoms with Crippen LogP contribution >= 0.6 is 0 Å². The number of urea groups is 1. The normalized spacial score (nSPS) is 17.2. The number of rotatable bonds is 4. The number of hydrogen-bond donors (Lipinski definition) is 2. The molecule has 1 saturated heterocycles. The summed E-state index contributed by atoms with van der Waals surface area (Å²) in [6.45, 7) is 7.59. The van der Waals surface area contributed by atoms with Gasteiger partial charge >= 0.3 is 6.03 Å². The van der Waals surface area contributed by atoms with Crippen molar-refractivity contribution in [3.05, 3.63) is 65.7 Å². The minimum Gasteiger partial charge on any atom is -0.354 e. The predicted molar refractivity (Wildman–Crippen MR) is 117 cm³/mol. The van der Waals surface area contributed by atoms with E-state index in [9.17, 15) is 9.59 Å². The number of nitrogens with zero attached hydrogens (tertiary/aromatic N) is 1. The van der Waals surface area contributed by atoms with Gasteiger partial charge in [-0.3, -0.25) is 4.79 Å². The molecule has 29 heavy (non-hydrogen) atoms. The van der Waals surface area contributed by atoms with Crippen molar-refractivity contribution in [1.82, 2.24) is 10.2 Å². The fraction of sp³-hybridized carbons (Fsp3) is 0.417. The van der Waals surface area contributed by atoms with Crippen LogP contribution in [0.3, 0.4) is 0 Å². The number of anilines is 1. The highest BCUT2D eigenvalue weighted by molar-refractivity contribution is 5.93. The summed E-state index contributed by atoms with van der Waals surface area (Å²) in [4.78, 5) is 27.5. The van der Waals surface area contributed by atoms with E-state index in [2.05, 4.69) is 55.7 Å². The molecular formula is C24H31N3O2. The van der Waals surface area contributed by atoms with Crippen molar-refractivity contribution in [3.8, 4) is 0 Å². The number of carbonyl (C=O) groups is 2. The number of carbonyl (C=O) groups excluding carboxylic acids is 2. The van der Waals surface area contributed by atoms with E-state index in [1.807, 2.05) is 30.3 Å². The lowest BCUT2D eigenvalue weighted by Crippen LogP contribution is -2.49. The van der Waals surface area contributed by atoms with E-state index in [4.69, 9.17) is 0 Å². The maximum Gasteiger partial charge on any atom is 0.322 e. The summed E-state index contributed by atoms with van der Waals surface area (Å²) in [6, 6.07) is 17.0. The van der Waals surface area contributed by atoms with E-state index in [-0.39, 0.29) is 17.4 Å². The average Bonchev–Trinajstić information content (AvgIpc) is 2.91. The van der Waals surface area contributed by atoms with Gasteiger partial charge in [0.15, 0.2) is 0 Å². The molecule has 0 radical (unpaired) electrons. The SMILES string of the molecule is CC(C)(C)c1ccc(CN(C(=O)Nc2ccccc2)C2CCCCNC2=O)cc1. The summed E-state index contributed by atoms with van der Waals surface area (Å²) in [5.41, 5.74) is 3.05. The number of hydrogen-bond acceptors (Lipinski definition) is 2. The zero-order valence-corrected chi connectivity index (χ0v) is 17.6. The first-order valence-electron chi connectivity index (χ1n) is 10.3. The molecule has 1 aliphatic rings. The molecular weight excluding hydrogens is 362 g/mol. The van der Waals surface area contributed by atoms with Crippen LogP contribution in [-0.2, 0) is 16.8 Å². The van der Waals surface area contributed by atoms with Gasteiger partial charge in [0.2, 0.25) is 5.91 Å². The van der Waals surface area contributed by atoms with Crippen molar-refractivity contribution >= 4 is 17.6 Å². The Morgan fingerprint density at radius 2 is 1.76 bits per heavy atom. The zero-order chi connectivity index (χ0) is 20.9. The molecule has 1 unspecified atom stereocenters. The van der Waals surface area contributed by atoms with Crippen molar-refractivity contribution in [1.29, 1.82) is 0 Å². The van der Waals surface area contributed by atoms with Crippen LogP contribution in [0.4, 0.5) is 10.5 Å². The smallest absolute Gasteiger partial charge is 0.322 e. The lowest BCUT2D eigenvalue weighted by atomic mass is 9.86. The van der Waals surface area contributed by atoms with Crippen LogP contribution in [0.2, 0.25) is 0 Å². The second-order valence-corrected chi connectivity index (χ2v) is 8.67. The molecule has 0 aromatic heterocycles. The van der Waals surface area contributed by atoms with Crippen molar-refractivity contribution in [2.75, 3.05) is 11.9 Å². The van der Waals surface area contributed by atoms with Crippen LogP contribution in [0.25, 0.3) is 0 Å². The van der Waals surface area contributed by atoms with Crippen LogP contribution in [-0.4, -0.2) is 29.4 Å². The second kappa shape index (κ2) is 9.12. The third kappa shape index (κ3) is 5.59. The maximum atomic E-state index is 13.1. The Labute approximate surface area is 173 Å². The number of benzene rings is 2. The Bertz CT molecular complexity index is 825. The predicted octanol–water partition coefficient (Wildman–Crippen LogP) is 4.69. The summed E-state index contributed by atoms with van der Waals surface area (Å²) < 4.78 is 0. The second-order valence-electron chi connectivity index (χ2n) is 8.67. The molecule has 1 heterocycles. The average molecular weight is 394 g/mol. The first kappa shape index (κ1) is 20.9. The fourth-order valence-electron chi connectivity index (χ4n) is 3.57. The Kier molecular flexibility index (Phi) is 6.57. The van der Waals surface area contributed by atoms with Crippen LogP contribution < -0.4 is 10.6 Å². The molecule has 0 saturated carbocycles. The Morgan fingerprint density at radius 1 is 1.07 bits per heavy atom. The summed E-state index contributed by atoms with van der Waals surface area (Å²) >= 11 is 0. The lowest BCUT2D eigenvalue weighted by molar-refractivity contribution is -0.125. The van der Waals surface area contributed by atoms with E-state index in [0.717, 1.165) is 24.1 Å². The van der Waals surface area contributed by atoms with E-state index in [1.165, 1.54) is 5.56 Å². The number of nitrogens with one attached hydrogen (secondary N) is 2. The summed E-state index contributed by atoms with van der Waals surface area (Å²) in [5.74, 6) is -0.0722. The highest BCUT2D eigenvalue weighted by Gasteiger charge is 2.31. The highest BCUT2D eigenvalue weighted by atomic mass is 16.2. The Hall–Kier alpha value is -2.82. The van der Waals surface area contributed by atoms with Gasteiger partial charge in [0.1, 0.15) is 6.04 Å². The Balaban J connectivity index is 1.83. The molecule has 0 aliphatic carbocycles. The van der Waals surface area contributed by atoms with Gasteiger partial charge in [-0.15, -0.1) is 0 Å². The van der Waals surface area contributed by atoms with Gasteiger partial charge in [-0.05, 0) is 47.9 Å². The van der Waals surface area contributed by atoms with Crippen molar-refractivity contribution in [2.45, 2.75) is 58.0 Å². The third-order valence-corrected chi connectivity index (χ3v) is 5.34. The summed E-state index contributed by atoms with van der Waals surface area (Å²) in [5, 5.41) is 5.89. The van der Waals surface area contributed by atoms with Gasteiger partial charge in [-0.1, -0.05) is 63.2 Å². The van der Waals surface area contributed by atoms with E-state index < -0.39 is 6.04 Å². The molecule has 5 nitrogen and oxygen atoms in total. The number of amides is 3. The maximum absolute atomic E-state index is 13.1. The van der Waals surface area contributed by atoms with Crippen molar-refractivity contribution < 1.29 is 9.59 Å². The summed E-state index contributed by atoms with van der Waals surface area (Å²) in [6.07, 6.45) is 2.53. The molecule has 3 rings (SSSR count). The molecule has 0 spiro atoms. The number of para-hydroxylation sites is 1. The van der Waals surface area contributed by atoms with Gasteiger partial charge in [0, 0.05) is 18.8 Å². The topological polar surface area (TPSA) is 61.4 Å². The van der Waals surface area contributed by atoms with Crippen LogP contribution in [0, 0.1) is 0 Å². The molecule has 5 heteroatoms. The molecule has 154 valence electrons. The van der Waals surface area contributed by atoms with Crippen molar-refractivity contribution in [2.24, 2.45) is 0 Å². The van der Waals surface area contributed by atoms with Crippen molar-refractivity contribution in [3.63, 3.8) is 0 Å². The molecule has 1 fully saturated rings. The first-order valence-corrected chi connectivity index (χ1v) is 10.3. The van der Waals surface area contributed by atoms with Gasteiger partial charge < -0.3 is 15.5 Å². The summed E-state index contributed by atoms with van der Waals surface area (Å²) in [7, 11) is 0. The van der Waals surface area contributed by atoms with E-state index >= 15 is 0 Å². The molecule has 1 atom stereocenters. The monoisotopic (exact) mass is 393 g/mol. The fourth-order valence-corrected chi connectivity index (χ4v) is 3.57. The third-order valence-electron chi connectivity index (χ3n) is 5.34.